The van der Waals surface area contributed by atoms with Crippen molar-refractivity contribution in [2.75, 3.05) is 0 Å². The number of rotatable bonds is 0. The molecule has 1 heterocycles. The van der Waals surface area contributed by atoms with Crippen molar-refractivity contribution in [1.29, 1.82) is 0 Å². The molecule has 15 heavy (non-hydrogen) atoms. The highest BCUT2D eigenvalue weighted by Gasteiger charge is 2.16. The Hall–Kier alpha value is -0.330. The highest BCUT2D eigenvalue weighted by atomic mass is 32.1. The van der Waals surface area contributed by atoms with Crippen molar-refractivity contribution in [1.82, 2.24) is 13.7 Å². The second-order valence-corrected chi connectivity index (χ2v) is 5.57. The van der Waals surface area contributed by atoms with Gasteiger partial charge in [-0.15, -0.1) is 0 Å². The lowest BCUT2D eigenvalue weighted by Gasteiger charge is -2.25. The van der Waals surface area contributed by atoms with E-state index in [1.54, 1.807) is 9.13 Å². The second kappa shape index (κ2) is 3.92. The first-order valence-electron chi connectivity index (χ1n) is 4.57. The van der Waals surface area contributed by atoms with Gasteiger partial charge in [0.1, 0.15) is 0 Å². The summed E-state index contributed by atoms with van der Waals surface area (Å²) in [6, 6.07) is 0. The van der Waals surface area contributed by atoms with E-state index < -0.39 is 0 Å². The fraction of sp³-hybridized carbons (Fsp3) is 0.667. The van der Waals surface area contributed by atoms with Crippen molar-refractivity contribution in [2.24, 2.45) is 14.1 Å². The predicted molar refractivity (Wildman–Crippen MR) is 69.9 cm³/mol. The molecule has 0 aliphatic carbocycles. The van der Waals surface area contributed by atoms with Gasteiger partial charge in [0.2, 0.25) is 0 Å². The van der Waals surface area contributed by atoms with Crippen LogP contribution in [0.2, 0.25) is 0 Å². The summed E-state index contributed by atoms with van der Waals surface area (Å²) in [6.45, 7) is 6.21. The highest BCUT2D eigenvalue weighted by molar-refractivity contribution is 7.72. The van der Waals surface area contributed by atoms with E-state index in [1.165, 1.54) is 0 Å². The molecule has 6 heteroatoms. The van der Waals surface area contributed by atoms with Gasteiger partial charge in [-0.25, -0.2) is 0 Å². The van der Waals surface area contributed by atoms with Gasteiger partial charge in [-0.3, -0.25) is 13.7 Å². The van der Waals surface area contributed by atoms with Crippen LogP contribution in [-0.4, -0.2) is 13.7 Å². The zero-order valence-electron chi connectivity index (χ0n) is 9.57. The third-order valence-electron chi connectivity index (χ3n) is 2.20. The van der Waals surface area contributed by atoms with Crippen molar-refractivity contribution in [3.8, 4) is 0 Å². The minimum absolute atomic E-state index is 0.132. The maximum absolute atomic E-state index is 5.36. The Morgan fingerprint density at radius 1 is 0.800 bits per heavy atom. The zero-order chi connectivity index (χ0) is 12.0. The summed E-state index contributed by atoms with van der Waals surface area (Å²) in [5.41, 5.74) is -0.132. The van der Waals surface area contributed by atoms with Crippen LogP contribution in [0.4, 0.5) is 0 Å². The molecule has 3 nitrogen and oxygen atoms in total. The molecule has 0 N–H and O–H groups in total. The average Bonchev–Trinajstić information content (AvgIpc) is 2.09. The summed E-state index contributed by atoms with van der Waals surface area (Å²) in [4.78, 5) is 0. The number of hydrogen-bond donors (Lipinski definition) is 0. The van der Waals surface area contributed by atoms with Crippen LogP contribution in [-0.2, 0) is 19.6 Å². The Morgan fingerprint density at radius 2 is 1.13 bits per heavy atom. The fourth-order valence-electron chi connectivity index (χ4n) is 1.34. The van der Waals surface area contributed by atoms with E-state index in [-0.39, 0.29) is 5.54 Å². The van der Waals surface area contributed by atoms with Crippen LogP contribution in [0.25, 0.3) is 0 Å². The molecule has 0 amide bonds. The lowest BCUT2D eigenvalue weighted by Crippen LogP contribution is -2.29. The first-order valence-corrected chi connectivity index (χ1v) is 5.80. The van der Waals surface area contributed by atoms with E-state index in [4.69, 9.17) is 36.7 Å². The summed E-state index contributed by atoms with van der Waals surface area (Å²) in [5, 5.41) is 0. The van der Waals surface area contributed by atoms with Crippen molar-refractivity contribution < 1.29 is 0 Å². The SMILES string of the molecule is Cn1c(=S)n(C)c(=S)n(C(C)(C)C)c1=S. The standard InChI is InChI=1S/C9H15N3S3/c1-9(2,3)12-7(14)10(4)6(13)11(5)8(12)15/h1-5H3. The first kappa shape index (κ1) is 12.7. The molecule has 1 aromatic rings. The fourth-order valence-corrected chi connectivity index (χ4v) is 2.58. The zero-order valence-corrected chi connectivity index (χ0v) is 12.0. The van der Waals surface area contributed by atoms with Crippen molar-refractivity contribution in [3.05, 3.63) is 14.3 Å². The Morgan fingerprint density at radius 3 is 1.40 bits per heavy atom. The van der Waals surface area contributed by atoms with E-state index in [0.717, 1.165) is 0 Å². The van der Waals surface area contributed by atoms with Crippen LogP contribution in [0.1, 0.15) is 20.8 Å². The Bertz CT molecular complexity index is 514. The summed E-state index contributed by atoms with van der Waals surface area (Å²) in [6.07, 6.45) is 0. The van der Waals surface area contributed by atoms with E-state index in [9.17, 15) is 0 Å². The Kier molecular flexibility index (Phi) is 3.33. The lowest BCUT2D eigenvalue weighted by atomic mass is 10.1. The second-order valence-electron chi connectivity index (χ2n) is 4.47. The van der Waals surface area contributed by atoms with E-state index in [2.05, 4.69) is 20.8 Å². The molecular weight excluding hydrogens is 246 g/mol. The molecule has 0 aromatic carbocycles. The van der Waals surface area contributed by atoms with Gasteiger partial charge in [0.15, 0.2) is 14.3 Å². The molecule has 0 bridgehead atoms. The predicted octanol–water partition coefficient (Wildman–Crippen LogP) is 3.11. The minimum Gasteiger partial charge on any atom is -0.298 e. The maximum atomic E-state index is 5.36. The molecule has 1 aromatic heterocycles. The number of nitrogens with zero attached hydrogens (tertiary/aromatic N) is 3. The first-order chi connectivity index (χ1) is 6.68. The van der Waals surface area contributed by atoms with Crippen LogP contribution >= 0.6 is 36.7 Å². The monoisotopic (exact) mass is 261 g/mol. The molecule has 0 aliphatic rings. The lowest BCUT2D eigenvalue weighted by molar-refractivity contribution is 0.354. The Labute approximate surface area is 105 Å². The molecule has 0 saturated heterocycles. The quantitative estimate of drug-likeness (QED) is 0.667. The highest BCUT2D eigenvalue weighted by Crippen LogP contribution is 2.15. The van der Waals surface area contributed by atoms with Crippen molar-refractivity contribution >= 4 is 36.7 Å². The van der Waals surface area contributed by atoms with Crippen molar-refractivity contribution in [3.63, 3.8) is 0 Å². The topological polar surface area (TPSA) is 14.8 Å². The molecule has 0 fully saturated rings. The van der Waals surface area contributed by atoms with Gasteiger partial charge in [0.25, 0.3) is 0 Å². The van der Waals surface area contributed by atoms with Gasteiger partial charge in [0.05, 0.1) is 0 Å². The van der Waals surface area contributed by atoms with Gasteiger partial charge in [0, 0.05) is 19.6 Å². The summed E-state index contributed by atoms with van der Waals surface area (Å²) >= 11 is 15.9. The van der Waals surface area contributed by atoms with Crippen LogP contribution in [0, 0.1) is 14.3 Å². The maximum Gasteiger partial charge on any atom is 0.184 e. The number of aromatic nitrogens is 3. The van der Waals surface area contributed by atoms with E-state index in [1.807, 2.05) is 18.7 Å². The molecule has 0 aliphatic heterocycles. The molecule has 0 radical (unpaired) electrons. The molecular formula is C9H15N3S3. The van der Waals surface area contributed by atoms with Crippen molar-refractivity contribution in [2.45, 2.75) is 26.3 Å². The van der Waals surface area contributed by atoms with Crippen LogP contribution in [0.5, 0.6) is 0 Å². The summed E-state index contributed by atoms with van der Waals surface area (Å²) < 4.78 is 7.50. The normalized spacial score (nSPS) is 11.8. The smallest absolute Gasteiger partial charge is 0.184 e. The molecule has 0 spiro atoms. The Balaban J connectivity index is 3.95. The van der Waals surface area contributed by atoms with Crippen LogP contribution in [0.3, 0.4) is 0 Å². The third kappa shape index (κ3) is 2.11. The van der Waals surface area contributed by atoms with Gasteiger partial charge < -0.3 is 0 Å². The minimum atomic E-state index is -0.132. The summed E-state index contributed by atoms with van der Waals surface area (Å²) in [5.74, 6) is 0. The van der Waals surface area contributed by atoms with Crippen LogP contribution < -0.4 is 0 Å². The molecule has 0 unspecified atom stereocenters. The third-order valence-corrected chi connectivity index (χ3v) is 3.66. The van der Waals surface area contributed by atoms with E-state index >= 15 is 0 Å². The average molecular weight is 261 g/mol. The molecule has 84 valence electrons. The molecule has 0 saturated carbocycles. The van der Waals surface area contributed by atoms with Gasteiger partial charge in [-0.2, -0.15) is 0 Å². The number of hydrogen-bond acceptors (Lipinski definition) is 3. The largest absolute Gasteiger partial charge is 0.298 e. The van der Waals surface area contributed by atoms with Gasteiger partial charge >= 0.3 is 0 Å². The molecule has 1 rings (SSSR count). The van der Waals surface area contributed by atoms with E-state index in [0.29, 0.717) is 14.3 Å². The van der Waals surface area contributed by atoms with Gasteiger partial charge in [-0.1, -0.05) is 0 Å². The van der Waals surface area contributed by atoms with Crippen LogP contribution in [0.15, 0.2) is 0 Å². The van der Waals surface area contributed by atoms with Gasteiger partial charge in [-0.05, 0) is 57.4 Å². The molecule has 0 atom stereocenters. The summed E-state index contributed by atoms with van der Waals surface area (Å²) in [7, 11) is 3.73.